The Kier molecular flexibility index (Phi) is 3.34. The van der Waals surface area contributed by atoms with Gasteiger partial charge in [-0.3, -0.25) is 0 Å². The molecule has 1 aromatic rings. The third-order valence-electron chi connectivity index (χ3n) is 1.40. The molecule has 72 valence electrons. The van der Waals surface area contributed by atoms with Gasteiger partial charge in [0.2, 0.25) is 0 Å². The number of aromatic nitrogens is 1. The van der Waals surface area contributed by atoms with Crippen LogP contribution in [-0.2, 0) is 11.5 Å². The number of rotatable bonds is 1. The van der Waals surface area contributed by atoms with Gasteiger partial charge >= 0.3 is 6.18 Å². The summed E-state index contributed by atoms with van der Waals surface area (Å²) in [5, 5.41) is 0.141. The van der Waals surface area contributed by atoms with Crippen molar-refractivity contribution in [3.8, 4) is 0 Å². The molecule has 1 nitrogen and oxygen atoms in total. The molecule has 1 rings (SSSR count). The molecule has 6 heteroatoms. The van der Waals surface area contributed by atoms with Gasteiger partial charge in [0.15, 0.2) is 0 Å². The van der Waals surface area contributed by atoms with Crippen molar-refractivity contribution in [3.05, 3.63) is 28.0 Å². The second-order valence-electron chi connectivity index (χ2n) is 2.30. The Labute approximate surface area is 89.6 Å². The Morgan fingerprint density at radius 1 is 1.38 bits per heavy atom. The Morgan fingerprint density at radius 2 is 2.00 bits per heavy atom. The largest absolute Gasteiger partial charge is 0.416 e. The molecule has 0 aliphatic rings. The molecule has 0 unspecified atom stereocenters. The standard InChI is InChI=1S/C7H4Br2F3N/c8-2-4-3-13-6(9)1-5(4)7(10,11)12/h1,3H,2H2. The number of hydrogen-bond donors (Lipinski definition) is 0. The molecule has 0 saturated carbocycles. The third kappa shape index (κ3) is 2.67. The van der Waals surface area contributed by atoms with Crippen LogP contribution in [0.4, 0.5) is 13.2 Å². The number of nitrogens with zero attached hydrogens (tertiary/aromatic N) is 1. The minimum Gasteiger partial charge on any atom is -0.249 e. The van der Waals surface area contributed by atoms with Gasteiger partial charge in [0.1, 0.15) is 4.60 Å². The first-order valence-corrected chi connectivity index (χ1v) is 5.14. The monoisotopic (exact) mass is 317 g/mol. The summed E-state index contributed by atoms with van der Waals surface area (Å²) in [4.78, 5) is 3.71. The molecular formula is C7H4Br2F3N. The predicted molar refractivity (Wildman–Crippen MR) is 49.6 cm³/mol. The van der Waals surface area contributed by atoms with Crippen LogP contribution < -0.4 is 0 Å². The SMILES string of the molecule is FC(F)(F)c1cc(Br)ncc1CBr. The second-order valence-corrected chi connectivity index (χ2v) is 3.67. The molecule has 0 fully saturated rings. The molecular weight excluding hydrogens is 315 g/mol. The fourth-order valence-electron chi connectivity index (χ4n) is 0.829. The zero-order valence-corrected chi connectivity index (χ0v) is 9.37. The highest BCUT2D eigenvalue weighted by atomic mass is 79.9. The van der Waals surface area contributed by atoms with Gasteiger partial charge in [-0.2, -0.15) is 13.2 Å². The number of alkyl halides is 4. The molecule has 0 atom stereocenters. The summed E-state index contributed by atoms with van der Waals surface area (Å²) in [7, 11) is 0. The highest BCUT2D eigenvalue weighted by Crippen LogP contribution is 2.33. The molecule has 0 N–H and O–H groups in total. The van der Waals surface area contributed by atoms with Crippen LogP contribution >= 0.6 is 31.9 Å². The molecule has 1 heterocycles. The van der Waals surface area contributed by atoms with Crippen molar-refractivity contribution in [2.24, 2.45) is 0 Å². The van der Waals surface area contributed by atoms with Gasteiger partial charge in [-0.25, -0.2) is 4.98 Å². The lowest BCUT2D eigenvalue weighted by molar-refractivity contribution is -0.138. The molecule has 0 bridgehead atoms. The van der Waals surface area contributed by atoms with Gasteiger partial charge in [-0.15, -0.1) is 0 Å². The molecule has 0 aromatic carbocycles. The van der Waals surface area contributed by atoms with Crippen molar-refractivity contribution in [3.63, 3.8) is 0 Å². The summed E-state index contributed by atoms with van der Waals surface area (Å²) in [6.07, 6.45) is -3.13. The van der Waals surface area contributed by atoms with E-state index in [-0.39, 0.29) is 15.5 Å². The summed E-state index contributed by atoms with van der Waals surface area (Å²) in [5.74, 6) is 0. The van der Waals surface area contributed by atoms with E-state index in [1.165, 1.54) is 6.20 Å². The molecule has 0 spiro atoms. The van der Waals surface area contributed by atoms with E-state index in [4.69, 9.17) is 0 Å². The molecule has 0 amide bonds. The maximum Gasteiger partial charge on any atom is 0.416 e. The first kappa shape index (κ1) is 11.0. The van der Waals surface area contributed by atoms with E-state index < -0.39 is 11.7 Å². The lowest BCUT2D eigenvalue weighted by Crippen LogP contribution is -2.08. The van der Waals surface area contributed by atoms with Crippen molar-refractivity contribution in [2.75, 3.05) is 0 Å². The van der Waals surface area contributed by atoms with Crippen LogP contribution in [0.15, 0.2) is 16.9 Å². The summed E-state index contributed by atoms with van der Waals surface area (Å²) < 4.78 is 37.2. The van der Waals surface area contributed by atoms with E-state index in [0.29, 0.717) is 0 Å². The summed E-state index contributed by atoms with van der Waals surface area (Å²) in [5.41, 5.74) is -0.526. The first-order chi connectivity index (χ1) is 5.95. The quantitative estimate of drug-likeness (QED) is 0.567. The predicted octanol–water partition coefficient (Wildman–Crippen LogP) is 3.76. The Morgan fingerprint density at radius 3 is 2.46 bits per heavy atom. The first-order valence-electron chi connectivity index (χ1n) is 3.22. The average Bonchev–Trinajstić information content (AvgIpc) is 2.03. The van der Waals surface area contributed by atoms with Crippen LogP contribution in [0.2, 0.25) is 0 Å². The van der Waals surface area contributed by atoms with Gasteiger partial charge in [-0.05, 0) is 27.6 Å². The molecule has 0 saturated heterocycles. The van der Waals surface area contributed by atoms with Gasteiger partial charge in [-0.1, -0.05) is 15.9 Å². The minimum absolute atomic E-state index is 0.135. The van der Waals surface area contributed by atoms with Gasteiger partial charge in [0.25, 0.3) is 0 Å². The van der Waals surface area contributed by atoms with Crippen molar-refractivity contribution < 1.29 is 13.2 Å². The number of pyridine rings is 1. The van der Waals surface area contributed by atoms with Crippen molar-refractivity contribution >= 4 is 31.9 Å². The Balaban J connectivity index is 3.24. The molecule has 13 heavy (non-hydrogen) atoms. The highest BCUT2D eigenvalue weighted by Gasteiger charge is 2.33. The minimum atomic E-state index is -4.32. The lowest BCUT2D eigenvalue weighted by Gasteiger charge is -2.10. The normalized spacial score (nSPS) is 11.8. The Bertz CT molecular complexity index is 311. The van der Waals surface area contributed by atoms with Crippen molar-refractivity contribution in [2.45, 2.75) is 11.5 Å². The van der Waals surface area contributed by atoms with Crippen LogP contribution in [0.25, 0.3) is 0 Å². The smallest absolute Gasteiger partial charge is 0.249 e. The highest BCUT2D eigenvalue weighted by molar-refractivity contribution is 9.10. The zero-order valence-electron chi connectivity index (χ0n) is 6.20. The van der Waals surface area contributed by atoms with Crippen LogP contribution in [0.1, 0.15) is 11.1 Å². The van der Waals surface area contributed by atoms with Gasteiger partial charge in [0.05, 0.1) is 5.56 Å². The van der Waals surface area contributed by atoms with E-state index >= 15 is 0 Å². The molecule has 0 radical (unpaired) electrons. The summed E-state index contributed by atoms with van der Waals surface area (Å²) in [6.45, 7) is 0. The van der Waals surface area contributed by atoms with Crippen LogP contribution in [-0.4, -0.2) is 4.98 Å². The lowest BCUT2D eigenvalue weighted by atomic mass is 10.1. The van der Waals surface area contributed by atoms with Gasteiger partial charge in [0, 0.05) is 11.5 Å². The van der Waals surface area contributed by atoms with Crippen LogP contribution in [0.3, 0.4) is 0 Å². The fourth-order valence-corrected chi connectivity index (χ4v) is 1.61. The molecule has 0 aliphatic carbocycles. The number of hydrogen-bond acceptors (Lipinski definition) is 1. The number of halogens is 5. The Hall–Kier alpha value is -0.100. The van der Waals surface area contributed by atoms with Gasteiger partial charge < -0.3 is 0 Å². The van der Waals surface area contributed by atoms with Crippen molar-refractivity contribution in [1.82, 2.24) is 4.98 Å². The van der Waals surface area contributed by atoms with E-state index in [9.17, 15) is 13.2 Å². The van der Waals surface area contributed by atoms with Crippen molar-refractivity contribution in [1.29, 1.82) is 0 Å². The maximum absolute atomic E-state index is 12.3. The summed E-state index contributed by atoms with van der Waals surface area (Å²) in [6, 6.07) is 0.969. The third-order valence-corrected chi connectivity index (χ3v) is 2.44. The van der Waals surface area contributed by atoms with E-state index in [1.54, 1.807) is 0 Å². The topological polar surface area (TPSA) is 12.9 Å². The fraction of sp³-hybridized carbons (Fsp3) is 0.286. The van der Waals surface area contributed by atoms with Crippen LogP contribution in [0, 0.1) is 0 Å². The van der Waals surface area contributed by atoms with E-state index in [0.717, 1.165) is 6.07 Å². The molecule has 0 aliphatic heterocycles. The van der Waals surface area contributed by atoms with E-state index in [1.807, 2.05) is 0 Å². The average molecular weight is 319 g/mol. The van der Waals surface area contributed by atoms with Crippen LogP contribution in [0.5, 0.6) is 0 Å². The zero-order chi connectivity index (χ0) is 10.1. The van der Waals surface area contributed by atoms with E-state index in [2.05, 4.69) is 36.8 Å². The molecule has 1 aromatic heterocycles. The maximum atomic E-state index is 12.3. The summed E-state index contributed by atoms with van der Waals surface area (Å²) >= 11 is 5.86. The second kappa shape index (κ2) is 3.96.